The predicted octanol–water partition coefficient (Wildman–Crippen LogP) is 3.88. The molecule has 1 aromatic carbocycles. The lowest BCUT2D eigenvalue weighted by Gasteiger charge is -2.10. The molecule has 0 aliphatic heterocycles. The summed E-state index contributed by atoms with van der Waals surface area (Å²) in [5, 5.41) is 0.657. The third kappa shape index (κ3) is 4.20. The number of ether oxygens (including phenoxy) is 2. The molecule has 1 rings (SSSR count). The standard InChI is InChI=1S/C12H16Cl2O2/c1-15-7-2-3-8-16-12-6-4-5-11(14)10(12)9-13/h4-6H,2-3,7-9H2,1H3. The molecule has 0 heterocycles. The Hall–Kier alpha value is -0.440. The van der Waals surface area contributed by atoms with Crippen LogP contribution in [0.4, 0.5) is 0 Å². The lowest BCUT2D eigenvalue weighted by molar-refractivity contribution is 0.184. The minimum absolute atomic E-state index is 0.368. The van der Waals surface area contributed by atoms with Gasteiger partial charge in [-0.1, -0.05) is 17.7 Å². The van der Waals surface area contributed by atoms with E-state index in [2.05, 4.69) is 0 Å². The smallest absolute Gasteiger partial charge is 0.125 e. The van der Waals surface area contributed by atoms with Gasteiger partial charge in [-0.3, -0.25) is 0 Å². The van der Waals surface area contributed by atoms with Crippen LogP contribution < -0.4 is 4.74 Å². The summed E-state index contributed by atoms with van der Waals surface area (Å²) in [5.74, 6) is 1.15. The van der Waals surface area contributed by atoms with E-state index in [1.807, 2.05) is 18.2 Å². The molecular weight excluding hydrogens is 247 g/mol. The lowest BCUT2D eigenvalue weighted by atomic mass is 10.2. The van der Waals surface area contributed by atoms with Crippen LogP contribution in [-0.2, 0) is 10.6 Å². The lowest BCUT2D eigenvalue weighted by Crippen LogP contribution is -2.01. The van der Waals surface area contributed by atoms with Gasteiger partial charge in [0.1, 0.15) is 5.75 Å². The summed E-state index contributed by atoms with van der Waals surface area (Å²) in [6.45, 7) is 1.43. The molecule has 0 aromatic heterocycles. The summed E-state index contributed by atoms with van der Waals surface area (Å²) in [7, 11) is 1.70. The number of hydrogen-bond acceptors (Lipinski definition) is 2. The number of rotatable bonds is 7. The van der Waals surface area contributed by atoms with Gasteiger partial charge in [-0.25, -0.2) is 0 Å². The van der Waals surface area contributed by atoms with Gasteiger partial charge < -0.3 is 9.47 Å². The van der Waals surface area contributed by atoms with Crippen LogP contribution >= 0.6 is 23.2 Å². The Balaban J connectivity index is 2.44. The van der Waals surface area contributed by atoms with E-state index in [0.717, 1.165) is 30.8 Å². The van der Waals surface area contributed by atoms with E-state index in [9.17, 15) is 0 Å². The summed E-state index contributed by atoms with van der Waals surface area (Å²) in [6.07, 6.45) is 1.95. The highest BCUT2D eigenvalue weighted by molar-refractivity contribution is 6.32. The zero-order valence-electron chi connectivity index (χ0n) is 9.34. The van der Waals surface area contributed by atoms with Gasteiger partial charge >= 0.3 is 0 Å². The Bertz CT molecular complexity index is 316. The molecule has 2 nitrogen and oxygen atoms in total. The summed E-state index contributed by atoms with van der Waals surface area (Å²) in [6, 6.07) is 5.57. The molecular formula is C12H16Cl2O2. The fourth-order valence-corrected chi connectivity index (χ4v) is 1.91. The molecule has 16 heavy (non-hydrogen) atoms. The normalized spacial score (nSPS) is 10.4. The summed E-state index contributed by atoms with van der Waals surface area (Å²) in [5.41, 5.74) is 0.859. The molecule has 0 fully saturated rings. The van der Waals surface area contributed by atoms with Crippen LogP contribution in [0, 0.1) is 0 Å². The van der Waals surface area contributed by atoms with Gasteiger partial charge in [-0.15, -0.1) is 11.6 Å². The SMILES string of the molecule is COCCCCOc1cccc(Cl)c1CCl. The van der Waals surface area contributed by atoms with Gasteiger partial charge in [0.05, 0.1) is 12.5 Å². The average Bonchev–Trinajstić information content (AvgIpc) is 2.29. The summed E-state index contributed by atoms with van der Waals surface area (Å²) in [4.78, 5) is 0. The van der Waals surface area contributed by atoms with Crippen molar-refractivity contribution in [2.45, 2.75) is 18.7 Å². The molecule has 1 aromatic rings. The van der Waals surface area contributed by atoms with E-state index >= 15 is 0 Å². The largest absolute Gasteiger partial charge is 0.493 e. The van der Waals surface area contributed by atoms with Crippen molar-refractivity contribution in [3.05, 3.63) is 28.8 Å². The average molecular weight is 263 g/mol. The van der Waals surface area contributed by atoms with Crippen LogP contribution in [0.15, 0.2) is 18.2 Å². The molecule has 0 radical (unpaired) electrons. The quantitative estimate of drug-likeness (QED) is 0.549. The van der Waals surface area contributed by atoms with Gasteiger partial charge in [0.2, 0.25) is 0 Å². The third-order valence-electron chi connectivity index (χ3n) is 2.21. The highest BCUT2D eigenvalue weighted by Gasteiger charge is 2.06. The van der Waals surface area contributed by atoms with E-state index in [0.29, 0.717) is 17.5 Å². The Morgan fingerprint density at radius 2 is 1.94 bits per heavy atom. The van der Waals surface area contributed by atoms with Crippen LogP contribution in [0.5, 0.6) is 5.75 Å². The summed E-state index contributed by atoms with van der Waals surface area (Å²) >= 11 is 11.8. The van der Waals surface area contributed by atoms with Crippen LogP contribution in [0.25, 0.3) is 0 Å². The van der Waals surface area contributed by atoms with Crippen LogP contribution in [0.1, 0.15) is 18.4 Å². The Labute approximate surface area is 106 Å². The molecule has 0 atom stereocenters. The van der Waals surface area contributed by atoms with Gasteiger partial charge in [0.25, 0.3) is 0 Å². The number of alkyl halides is 1. The first-order chi connectivity index (χ1) is 7.79. The second-order valence-corrected chi connectivity index (χ2v) is 4.07. The number of unbranched alkanes of at least 4 members (excludes halogenated alkanes) is 1. The van der Waals surface area contributed by atoms with Crippen molar-refractivity contribution < 1.29 is 9.47 Å². The molecule has 0 N–H and O–H groups in total. The second kappa shape index (κ2) is 7.77. The van der Waals surface area contributed by atoms with Crippen molar-refractivity contribution >= 4 is 23.2 Å². The molecule has 0 saturated carbocycles. The Kier molecular flexibility index (Phi) is 6.62. The van der Waals surface area contributed by atoms with E-state index in [4.69, 9.17) is 32.7 Å². The second-order valence-electron chi connectivity index (χ2n) is 3.40. The van der Waals surface area contributed by atoms with Crippen molar-refractivity contribution in [1.29, 1.82) is 0 Å². The van der Waals surface area contributed by atoms with E-state index in [1.54, 1.807) is 7.11 Å². The highest BCUT2D eigenvalue weighted by atomic mass is 35.5. The maximum atomic E-state index is 6.01. The van der Waals surface area contributed by atoms with Crippen molar-refractivity contribution in [1.82, 2.24) is 0 Å². The minimum Gasteiger partial charge on any atom is -0.493 e. The number of halogens is 2. The molecule has 0 unspecified atom stereocenters. The monoisotopic (exact) mass is 262 g/mol. The van der Waals surface area contributed by atoms with Gasteiger partial charge in [-0.2, -0.15) is 0 Å². The fourth-order valence-electron chi connectivity index (χ4n) is 1.33. The van der Waals surface area contributed by atoms with E-state index in [-0.39, 0.29) is 0 Å². The molecule has 0 bridgehead atoms. The molecule has 0 aliphatic carbocycles. The fraction of sp³-hybridized carbons (Fsp3) is 0.500. The van der Waals surface area contributed by atoms with Gasteiger partial charge in [-0.05, 0) is 25.0 Å². The minimum atomic E-state index is 0.368. The molecule has 0 aliphatic rings. The van der Waals surface area contributed by atoms with E-state index in [1.165, 1.54) is 0 Å². The maximum absolute atomic E-state index is 6.01. The number of hydrogen-bond donors (Lipinski definition) is 0. The molecule has 0 saturated heterocycles. The van der Waals surface area contributed by atoms with Gasteiger partial charge in [0, 0.05) is 24.3 Å². The highest BCUT2D eigenvalue weighted by Crippen LogP contribution is 2.28. The topological polar surface area (TPSA) is 18.5 Å². The van der Waals surface area contributed by atoms with Crippen molar-refractivity contribution in [2.75, 3.05) is 20.3 Å². The molecule has 4 heteroatoms. The maximum Gasteiger partial charge on any atom is 0.125 e. The zero-order valence-corrected chi connectivity index (χ0v) is 10.9. The van der Waals surface area contributed by atoms with Crippen LogP contribution in [-0.4, -0.2) is 20.3 Å². The Morgan fingerprint density at radius 1 is 1.19 bits per heavy atom. The predicted molar refractivity (Wildman–Crippen MR) is 67.6 cm³/mol. The number of methoxy groups -OCH3 is 1. The van der Waals surface area contributed by atoms with Crippen molar-refractivity contribution in [3.63, 3.8) is 0 Å². The van der Waals surface area contributed by atoms with Crippen LogP contribution in [0.3, 0.4) is 0 Å². The number of benzene rings is 1. The third-order valence-corrected chi connectivity index (χ3v) is 2.83. The first-order valence-electron chi connectivity index (χ1n) is 5.24. The first kappa shape index (κ1) is 13.6. The zero-order chi connectivity index (χ0) is 11.8. The molecule has 0 spiro atoms. The summed E-state index contributed by atoms with van der Waals surface area (Å²) < 4.78 is 10.6. The Morgan fingerprint density at radius 3 is 2.62 bits per heavy atom. The molecule has 0 amide bonds. The van der Waals surface area contributed by atoms with Crippen LogP contribution in [0.2, 0.25) is 5.02 Å². The van der Waals surface area contributed by atoms with Gasteiger partial charge in [0.15, 0.2) is 0 Å². The first-order valence-corrected chi connectivity index (χ1v) is 6.16. The van der Waals surface area contributed by atoms with Crippen molar-refractivity contribution in [3.8, 4) is 5.75 Å². The van der Waals surface area contributed by atoms with E-state index < -0.39 is 0 Å². The molecule has 90 valence electrons. The van der Waals surface area contributed by atoms with Crippen molar-refractivity contribution in [2.24, 2.45) is 0 Å².